The van der Waals surface area contributed by atoms with Crippen molar-refractivity contribution in [2.24, 2.45) is 0 Å². The van der Waals surface area contributed by atoms with Gasteiger partial charge in [-0.05, 0) is 62.2 Å². The molecule has 1 atom stereocenters. The molecule has 0 saturated heterocycles. The third-order valence-corrected chi connectivity index (χ3v) is 4.79. The van der Waals surface area contributed by atoms with Crippen molar-refractivity contribution in [1.29, 1.82) is 0 Å². The number of likely N-dealkylation sites (N-methyl/N-ethyl adjacent to an activating group) is 1. The zero-order chi connectivity index (χ0) is 21.5. The number of hydrogen-bond donors (Lipinski definition) is 1. The van der Waals surface area contributed by atoms with Gasteiger partial charge in [0.05, 0.1) is 12.8 Å². The lowest BCUT2D eigenvalue weighted by Crippen LogP contribution is -2.38. The Morgan fingerprint density at radius 3 is 2.60 bits per heavy atom. The van der Waals surface area contributed by atoms with Gasteiger partial charge in [0, 0.05) is 24.8 Å². The van der Waals surface area contributed by atoms with E-state index in [4.69, 9.17) is 9.47 Å². The molecule has 1 heterocycles. The molecule has 0 fully saturated rings. The average molecular weight is 411 g/mol. The predicted octanol–water partition coefficient (Wildman–Crippen LogP) is 4.08. The summed E-state index contributed by atoms with van der Waals surface area (Å²) in [4.78, 5) is 14.2. The molecule has 0 aliphatic carbocycles. The fourth-order valence-electron chi connectivity index (χ4n) is 3.12. The Morgan fingerprint density at radius 2 is 1.90 bits per heavy atom. The number of benzene rings is 2. The first-order chi connectivity index (χ1) is 14.5. The average Bonchev–Trinajstić information content (AvgIpc) is 3.22. The van der Waals surface area contributed by atoms with Crippen molar-refractivity contribution in [3.8, 4) is 22.8 Å². The van der Waals surface area contributed by atoms with Crippen molar-refractivity contribution in [2.45, 2.75) is 25.9 Å². The van der Waals surface area contributed by atoms with Gasteiger partial charge in [0.2, 0.25) is 0 Å². The summed E-state index contributed by atoms with van der Waals surface area (Å²) in [6.07, 6.45) is 0.908. The van der Waals surface area contributed by atoms with E-state index in [1.54, 1.807) is 56.3 Å². The molecular weight excluding hydrogens is 385 g/mol. The van der Waals surface area contributed by atoms with Crippen molar-refractivity contribution in [3.05, 3.63) is 66.1 Å². The Labute approximate surface area is 175 Å². The molecule has 30 heavy (non-hydrogen) atoms. The van der Waals surface area contributed by atoms with Gasteiger partial charge in [0.1, 0.15) is 17.3 Å². The number of nitrogens with one attached hydrogen (secondary N) is 1. The van der Waals surface area contributed by atoms with E-state index < -0.39 is 6.10 Å². The molecule has 0 radical (unpaired) electrons. The molecule has 0 spiro atoms. The van der Waals surface area contributed by atoms with Gasteiger partial charge in [-0.2, -0.15) is 5.10 Å². The molecule has 0 bridgehead atoms. The number of halogens is 1. The molecular formula is C23H26FN3O3. The van der Waals surface area contributed by atoms with Crippen molar-refractivity contribution in [3.63, 3.8) is 0 Å². The summed E-state index contributed by atoms with van der Waals surface area (Å²) in [6.45, 7) is 2.33. The highest BCUT2D eigenvalue weighted by Crippen LogP contribution is 2.20. The number of carbonyl (C=O) groups is 1. The number of carbonyl (C=O) groups excluding carboxylic acids is 1. The zero-order valence-electron chi connectivity index (χ0n) is 17.4. The maximum atomic E-state index is 13.4. The van der Waals surface area contributed by atoms with Crippen LogP contribution in [0.5, 0.6) is 11.5 Å². The third kappa shape index (κ3) is 5.59. The molecule has 0 aliphatic rings. The molecule has 7 heteroatoms. The van der Waals surface area contributed by atoms with Crippen molar-refractivity contribution >= 4 is 5.91 Å². The Morgan fingerprint density at radius 1 is 1.17 bits per heavy atom. The highest BCUT2D eigenvalue weighted by atomic mass is 19.1. The Hall–Kier alpha value is -3.35. The minimum Gasteiger partial charge on any atom is -0.497 e. The number of ether oxygens (including phenoxy) is 2. The first-order valence-electron chi connectivity index (χ1n) is 9.82. The fourth-order valence-corrected chi connectivity index (χ4v) is 3.12. The van der Waals surface area contributed by atoms with Crippen LogP contribution in [0.1, 0.15) is 19.0 Å². The molecule has 1 aromatic heterocycles. The summed E-state index contributed by atoms with van der Waals surface area (Å²) in [5.74, 6) is 0.976. The molecule has 1 amide bonds. The lowest BCUT2D eigenvalue weighted by atomic mass is 10.1. The Bertz CT molecular complexity index is 972. The topological polar surface area (TPSA) is 67.5 Å². The van der Waals surface area contributed by atoms with Gasteiger partial charge in [-0.25, -0.2) is 4.39 Å². The second-order valence-corrected chi connectivity index (χ2v) is 7.09. The van der Waals surface area contributed by atoms with Crippen molar-refractivity contribution in [2.75, 3.05) is 20.7 Å². The molecule has 0 saturated carbocycles. The van der Waals surface area contributed by atoms with Crippen LogP contribution in [0.15, 0.2) is 54.6 Å². The molecule has 1 N–H and O–H groups in total. The van der Waals surface area contributed by atoms with Crippen LogP contribution in [0.2, 0.25) is 0 Å². The summed E-state index contributed by atoms with van der Waals surface area (Å²) < 4.78 is 24.2. The van der Waals surface area contributed by atoms with Crippen LogP contribution >= 0.6 is 0 Å². The number of H-pyrrole nitrogens is 1. The molecule has 2 aromatic carbocycles. The lowest BCUT2D eigenvalue weighted by Gasteiger charge is -2.22. The maximum Gasteiger partial charge on any atom is 0.263 e. The van der Waals surface area contributed by atoms with E-state index >= 15 is 0 Å². The largest absolute Gasteiger partial charge is 0.497 e. The van der Waals surface area contributed by atoms with Gasteiger partial charge >= 0.3 is 0 Å². The minimum atomic E-state index is -0.588. The van der Waals surface area contributed by atoms with Gasteiger partial charge < -0.3 is 14.4 Å². The lowest BCUT2D eigenvalue weighted by molar-refractivity contribution is -0.136. The summed E-state index contributed by atoms with van der Waals surface area (Å²) in [5.41, 5.74) is 2.38. The van der Waals surface area contributed by atoms with Crippen molar-refractivity contribution in [1.82, 2.24) is 15.1 Å². The number of hydrogen-bond acceptors (Lipinski definition) is 4. The van der Waals surface area contributed by atoms with Crippen LogP contribution in [0.4, 0.5) is 4.39 Å². The first-order valence-corrected chi connectivity index (χ1v) is 9.82. The molecule has 0 aliphatic heterocycles. The monoisotopic (exact) mass is 411 g/mol. The summed E-state index contributed by atoms with van der Waals surface area (Å²) >= 11 is 0. The van der Waals surface area contributed by atoms with E-state index in [0.29, 0.717) is 18.0 Å². The van der Waals surface area contributed by atoms with E-state index in [2.05, 4.69) is 10.2 Å². The number of rotatable bonds is 9. The van der Waals surface area contributed by atoms with Crippen LogP contribution < -0.4 is 9.47 Å². The number of aryl methyl sites for hydroxylation is 1. The van der Waals surface area contributed by atoms with E-state index in [1.807, 2.05) is 12.1 Å². The highest BCUT2D eigenvalue weighted by molar-refractivity contribution is 5.80. The number of aromatic nitrogens is 2. The van der Waals surface area contributed by atoms with Crippen LogP contribution in [-0.4, -0.2) is 47.8 Å². The first kappa shape index (κ1) is 21.4. The Balaban J connectivity index is 1.46. The van der Waals surface area contributed by atoms with E-state index in [-0.39, 0.29) is 11.7 Å². The third-order valence-electron chi connectivity index (χ3n) is 4.79. The van der Waals surface area contributed by atoms with Gasteiger partial charge in [-0.3, -0.25) is 9.89 Å². The van der Waals surface area contributed by atoms with E-state index in [9.17, 15) is 9.18 Å². The smallest absolute Gasteiger partial charge is 0.263 e. The second-order valence-electron chi connectivity index (χ2n) is 7.09. The highest BCUT2D eigenvalue weighted by Gasteiger charge is 2.19. The number of methoxy groups -OCH3 is 1. The van der Waals surface area contributed by atoms with Gasteiger partial charge in [-0.1, -0.05) is 12.1 Å². The van der Waals surface area contributed by atoms with Crippen LogP contribution in [0.25, 0.3) is 11.3 Å². The van der Waals surface area contributed by atoms with Crippen LogP contribution in [-0.2, 0) is 11.2 Å². The van der Waals surface area contributed by atoms with E-state index in [1.165, 1.54) is 12.1 Å². The summed E-state index contributed by atoms with van der Waals surface area (Å²) in [7, 11) is 3.36. The Kier molecular flexibility index (Phi) is 7.06. The van der Waals surface area contributed by atoms with Gasteiger partial charge in [-0.15, -0.1) is 0 Å². The standard InChI is InChI=1S/C23H26FN3O3/c1-16(30-21-11-9-20(29-3)10-12-21)23(28)27(2)13-5-8-19-15-22(26-25-19)17-6-4-7-18(24)14-17/h4,6-7,9-12,14-16H,5,8,13H2,1-3H3,(H,25,26). The molecule has 1 unspecified atom stereocenters. The van der Waals surface area contributed by atoms with Crippen molar-refractivity contribution < 1.29 is 18.7 Å². The fraction of sp³-hybridized carbons (Fsp3) is 0.304. The summed E-state index contributed by atoms with van der Waals surface area (Å²) in [5, 5.41) is 7.23. The normalized spacial score (nSPS) is 11.7. The molecule has 3 aromatic rings. The number of nitrogens with zero attached hydrogens (tertiary/aromatic N) is 2. The molecule has 6 nitrogen and oxygen atoms in total. The van der Waals surface area contributed by atoms with E-state index in [0.717, 1.165) is 29.8 Å². The predicted molar refractivity (Wildman–Crippen MR) is 113 cm³/mol. The van der Waals surface area contributed by atoms with Crippen LogP contribution in [0, 0.1) is 5.82 Å². The maximum absolute atomic E-state index is 13.4. The molecule has 3 rings (SSSR count). The minimum absolute atomic E-state index is 0.0871. The zero-order valence-corrected chi connectivity index (χ0v) is 17.4. The van der Waals surface area contributed by atoms with Crippen LogP contribution in [0.3, 0.4) is 0 Å². The number of amides is 1. The second kappa shape index (κ2) is 9.91. The summed E-state index contributed by atoms with van der Waals surface area (Å²) in [6, 6.07) is 15.4. The molecule has 158 valence electrons. The number of aromatic amines is 1. The quantitative estimate of drug-likeness (QED) is 0.576. The van der Waals surface area contributed by atoms with Gasteiger partial charge in [0.25, 0.3) is 5.91 Å². The SMILES string of the molecule is COc1ccc(OC(C)C(=O)N(C)CCCc2cc(-c3cccc(F)c3)n[nH]2)cc1. The van der Waals surface area contributed by atoms with Gasteiger partial charge in [0.15, 0.2) is 6.10 Å².